The maximum atomic E-state index is 2.35. The van der Waals surface area contributed by atoms with E-state index in [1.165, 1.54) is 16.3 Å². The summed E-state index contributed by atoms with van der Waals surface area (Å²) in [4.78, 5) is 2.33. The minimum atomic E-state index is -0.0223. The Hall–Kier alpha value is -1.15. The Labute approximate surface area is 89.3 Å². The fourth-order valence-corrected chi connectivity index (χ4v) is 3.77. The molecule has 0 aliphatic carbocycles. The van der Waals surface area contributed by atoms with Gasteiger partial charge in [-0.1, -0.05) is 0 Å². The second kappa shape index (κ2) is 3.21. The van der Waals surface area contributed by atoms with Crippen LogP contribution in [-0.2, 0) is 0 Å². The van der Waals surface area contributed by atoms with Crippen LogP contribution in [0.5, 0.6) is 0 Å². The second-order valence-electron chi connectivity index (χ2n) is 3.46. The number of allylic oxidation sites excluding steroid dienone is 1. The molecule has 0 N–H and O–H groups in total. The van der Waals surface area contributed by atoms with Crippen molar-refractivity contribution < 1.29 is 0 Å². The first-order valence-corrected chi connectivity index (χ1v) is 6.99. The summed E-state index contributed by atoms with van der Waals surface area (Å²) in [6.07, 6.45) is 4.41. The molecule has 1 heterocycles. The molecule has 2 aromatic carbocycles. The van der Waals surface area contributed by atoms with E-state index in [-0.39, 0.29) is 15.0 Å². The van der Waals surface area contributed by atoms with E-state index >= 15 is 0 Å². The maximum absolute atomic E-state index is 2.35. The van der Waals surface area contributed by atoms with E-state index in [9.17, 15) is 0 Å². The first-order chi connectivity index (χ1) is 6.93. The zero-order valence-electron chi connectivity index (χ0n) is 7.70. The van der Waals surface area contributed by atoms with Gasteiger partial charge in [0.1, 0.15) is 0 Å². The average molecular weight is 238 g/mol. The van der Waals surface area contributed by atoms with E-state index in [0.29, 0.717) is 0 Å². The molecule has 1 heteroatoms. The van der Waals surface area contributed by atoms with Crippen LogP contribution in [0, 0.1) is 0 Å². The van der Waals surface area contributed by atoms with Gasteiger partial charge in [0.25, 0.3) is 0 Å². The van der Waals surface area contributed by atoms with Gasteiger partial charge in [-0.05, 0) is 0 Å². The average Bonchev–Trinajstić information content (AvgIpc) is 2.26. The van der Waals surface area contributed by atoms with Gasteiger partial charge in [0, 0.05) is 0 Å². The van der Waals surface area contributed by atoms with E-state index in [4.69, 9.17) is 0 Å². The molecule has 2 aromatic rings. The Morgan fingerprint density at radius 1 is 0.929 bits per heavy atom. The molecule has 0 saturated heterocycles. The normalized spacial score (nSPS) is 13.1. The molecule has 0 aromatic heterocycles. The van der Waals surface area contributed by atoms with Crippen LogP contribution < -0.4 is 4.40 Å². The Balaban J connectivity index is 2.40. The third kappa shape index (κ3) is 1.27. The van der Waals surface area contributed by atoms with Gasteiger partial charge in [0.05, 0.1) is 0 Å². The third-order valence-electron chi connectivity index (χ3n) is 2.53. The van der Waals surface area contributed by atoms with Crippen LogP contribution in [0.4, 0.5) is 0 Å². The Morgan fingerprint density at radius 3 is 2.57 bits per heavy atom. The molecular weight excluding hydrogens is 229 g/mol. The molecule has 0 nitrogen and oxygen atoms in total. The van der Waals surface area contributed by atoms with Crippen LogP contribution >= 0.6 is 0 Å². The van der Waals surface area contributed by atoms with Gasteiger partial charge in [-0.2, -0.15) is 0 Å². The summed E-state index contributed by atoms with van der Waals surface area (Å²) in [6.45, 7) is 0. The Kier molecular flexibility index (Phi) is 1.88. The van der Waals surface area contributed by atoms with E-state index in [2.05, 4.69) is 53.4 Å². The number of rotatable bonds is 0. The van der Waals surface area contributed by atoms with Crippen molar-refractivity contribution in [3.05, 3.63) is 48.0 Å². The molecule has 0 bridgehead atoms. The molecule has 3 rings (SSSR count). The fraction of sp³-hybridized carbons (Fsp3) is 0. The molecule has 0 unspecified atom stereocenters. The van der Waals surface area contributed by atoms with Crippen molar-refractivity contribution in [2.45, 2.75) is 0 Å². The molecule has 0 amide bonds. The third-order valence-corrected chi connectivity index (χ3v) is 4.84. The minimum absolute atomic E-state index is 0.0223. The van der Waals surface area contributed by atoms with Gasteiger partial charge in [0.15, 0.2) is 0 Å². The van der Waals surface area contributed by atoms with Crippen LogP contribution in [-0.4, -0.2) is 19.8 Å². The van der Waals surface area contributed by atoms with Crippen LogP contribution in [0.25, 0.3) is 16.8 Å². The predicted molar refractivity (Wildman–Crippen MR) is 64.4 cm³/mol. The molecule has 0 spiro atoms. The fourth-order valence-electron chi connectivity index (χ4n) is 1.81. The molecule has 0 saturated carbocycles. The first-order valence-electron chi connectivity index (χ1n) is 4.73. The number of hydrogen-bond donors (Lipinski definition) is 0. The zero-order chi connectivity index (χ0) is 9.38. The molecule has 65 valence electrons. The number of hydrogen-bond acceptors (Lipinski definition) is 0. The molecule has 1 aliphatic rings. The summed E-state index contributed by atoms with van der Waals surface area (Å²) >= 11 is -0.0223. The van der Waals surface area contributed by atoms with Crippen LogP contribution in [0.1, 0.15) is 5.56 Å². The monoisotopic (exact) mass is 239 g/mol. The summed E-state index contributed by atoms with van der Waals surface area (Å²) < 4.78 is 1.56. The van der Waals surface area contributed by atoms with Crippen molar-refractivity contribution >= 4 is 41.1 Å². The van der Waals surface area contributed by atoms with Crippen molar-refractivity contribution in [1.82, 2.24) is 0 Å². The van der Waals surface area contributed by atoms with Crippen molar-refractivity contribution in [3.8, 4) is 0 Å². The standard InChI is InChI=1S/C13H9Ge/c1-2-5-11-9-13-12(6-3-7-14-13)8-10(11)4-1/h1-9H. The molecule has 14 heavy (non-hydrogen) atoms. The molecule has 1 aliphatic heterocycles. The van der Waals surface area contributed by atoms with Gasteiger partial charge in [-0.15, -0.1) is 0 Å². The van der Waals surface area contributed by atoms with Gasteiger partial charge in [0.2, 0.25) is 0 Å². The molecule has 0 atom stereocenters. The van der Waals surface area contributed by atoms with Crippen molar-refractivity contribution in [2.75, 3.05) is 0 Å². The van der Waals surface area contributed by atoms with Gasteiger partial charge < -0.3 is 0 Å². The van der Waals surface area contributed by atoms with E-state index in [1.54, 1.807) is 4.40 Å². The topological polar surface area (TPSA) is 0 Å². The summed E-state index contributed by atoms with van der Waals surface area (Å²) in [5.74, 6) is 0. The SMILES string of the molecule is C1=Cc2cc3ccccc3c[c]2[Ge]=[CH]1. The quantitative estimate of drug-likeness (QED) is 0.615. The summed E-state index contributed by atoms with van der Waals surface area (Å²) in [6, 6.07) is 13.2. The molecular formula is C13H9Ge. The van der Waals surface area contributed by atoms with Gasteiger partial charge in [-0.3, -0.25) is 0 Å². The summed E-state index contributed by atoms with van der Waals surface area (Å²) in [5.41, 5.74) is 1.42. The number of fused-ring (bicyclic) bond motifs is 2. The summed E-state index contributed by atoms with van der Waals surface area (Å²) in [7, 11) is 0. The van der Waals surface area contributed by atoms with Crippen LogP contribution in [0.2, 0.25) is 0 Å². The Morgan fingerprint density at radius 2 is 1.71 bits per heavy atom. The van der Waals surface area contributed by atoms with Gasteiger partial charge in [-0.25, -0.2) is 0 Å². The van der Waals surface area contributed by atoms with Gasteiger partial charge >= 0.3 is 89.1 Å². The van der Waals surface area contributed by atoms with Crippen LogP contribution in [0.15, 0.2) is 42.5 Å². The van der Waals surface area contributed by atoms with E-state index in [1.807, 2.05) is 0 Å². The first kappa shape index (κ1) is 8.19. The van der Waals surface area contributed by atoms with Crippen molar-refractivity contribution in [3.63, 3.8) is 0 Å². The number of benzene rings is 2. The Bertz CT molecular complexity index is 500. The van der Waals surface area contributed by atoms with Crippen LogP contribution in [0.3, 0.4) is 0 Å². The summed E-state index contributed by atoms with van der Waals surface area (Å²) in [5, 5.41) is 2.73. The zero-order valence-corrected chi connectivity index (χ0v) is 9.79. The predicted octanol–water partition coefficient (Wildman–Crippen LogP) is 2.00. The second-order valence-corrected chi connectivity index (χ2v) is 5.89. The molecule has 1 radical (unpaired) electrons. The van der Waals surface area contributed by atoms with E-state index < -0.39 is 0 Å². The van der Waals surface area contributed by atoms with E-state index in [0.717, 1.165) is 0 Å². The molecule has 0 fully saturated rings. The van der Waals surface area contributed by atoms with Crippen molar-refractivity contribution in [1.29, 1.82) is 0 Å². The van der Waals surface area contributed by atoms with Crippen molar-refractivity contribution in [2.24, 2.45) is 0 Å².